The third kappa shape index (κ3) is 7.19. The van der Waals surface area contributed by atoms with Crippen molar-refractivity contribution in [3.63, 3.8) is 0 Å². The molecule has 6 heteroatoms. The smallest absolute Gasteiger partial charge is 0.119 e. The molecule has 1 saturated heterocycles. The summed E-state index contributed by atoms with van der Waals surface area (Å²) in [6.45, 7) is 10.8. The van der Waals surface area contributed by atoms with Crippen LogP contribution in [0.2, 0.25) is 0 Å². The lowest BCUT2D eigenvalue weighted by Gasteiger charge is -2.39. The number of aromatic hydroxyl groups is 1. The predicted molar refractivity (Wildman–Crippen MR) is 179 cm³/mol. The van der Waals surface area contributed by atoms with E-state index >= 15 is 0 Å². The van der Waals surface area contributed by atoms with E-state index in [0.29, 0.717) is 11.8 Å². The molecule has 1 N–H and O–H groups in total. The van der Waals surface area contributed by atoms with E-state index in [2.05, 4.69) is 78.2 Å². The van der Waals surface area contributed by atoms with Gasteiger partial charge in [0.05, 0.1) is 0 Å². The minimum absolute atomic E-state index is 0.256. The van der Waals surface area contributed by atoms with Gasteiger partial charge in [-0.05, 0) is 141 Å². The Morgan fingerprint density at radius 3 is 2.33 bits per heavy atom. The summed E-state index contributed by atoms with van der Waals surface area (Å²) in [5.74, 6) is 2.19. The van der Waals surface area contributed by atoms with Gasteiger partial charge in [-0.2, -0.15) is 0 Å². The van der Waals surface area contributed by atoms with Crippen LogP contribution < -0.4 is 9.47 Å². The molecule has 5 nitrogen and oxygen atoms in total. The van der Waals surface area contributed by atoms with Gasteiger partial charge in [0, 0.05) is 22.2 Å². The third-order valence-electron chi connectivity index (χ3n) is 9.31. The number of likely N-dealkylation sites (tertiary alicyclic amines) is 1. The predicted octanol–water partition coefficient (Wildman–Crippen LogP) is 8.37. The molecule has 1 aliphatic carbocycles. The van der Waals surface area contributed by atoms with Crippen LogP contribution in [0.3, 0.4) is 0 Å². The number of fused-ring (bicyclic) bond motifs is 1. The Labute approximate surface area is 261 Å². The molecule has 2 atom stereocenters. The Balaban J connectivity index is 1.18. The fourth-order valence-electron chi connectivity index (χ4n) is 6.94. The third-order valence-corrected chi connectivity index (χ3v) is 10.6. The molecule has 0 amide bonds. The van der Waals surface area contributed by atoms with Crippen molar-refractivity contribution in [3.05, 3.63) is 77.9 Å². The van der Waals surface area contributed by atoms with Gasteiger partial charge >= 0.3 is 0 Å². The minimum Gasteiger partial charge on any atom is -0.508 e. The number of likely N-dealkylation sites (N-methyl/N-ethyl adjacent to an activating group) is 1. The van der Waals surface area contributed by atoms with Crippen molar-refractivity contribution in [2.75, 3.05) is 39.3 Å². The summed E-state index contributed by atoms with van der Waals surface area (Å²) in [4.78, 5) is 6.28. The van der Waals surface area contributed by atoms with Crippen molar-refractivity contribution in [1.29, 1.82) is 0 Å². The van der Waals surface area contributed by atoms with E-state index < -0.39 is 0 Å². The molecule has 1 aromatic heterocycles. The van der Waals surface area contributed by atoms with Crippen LogP contribution in [0.15, 0.2) is 66.7 Å². The van der Waals surface area contributed by atoms with Crippen molar-refractivity contribution in [2.45, 2.75) is 70.9 Å². The topological polar surface area (TPSA) is 45.2 Å². The number of benzene rings is 3. The lowest BCUT2D eigenvalue weighted by molar-refractivity contribution is 0.0413. The second-order valence-electron chi connectivity index (χ2n) is 12.1. The van der Waals surface area contributed by atoms with Gasteiger partial charge in [-0.3, -0.25) is 9.80 Å². The first kappa shape index (κ1) is 30.0. The van der Waals surface area contributed by atoms with Crippen molar-refractivity contribution in [2.24, 2.45) is 0 Å². The van der Waals surface area contributed by atoms with Crippen LogP contribution in [0.5, 0.6) is 17.2 Å². The lowest BCUT2D eigenvalue weighted by atomic mass is 9.91. The second kappa shape index (κ2) is 14.1. The zero-order chi connectivity index (χ0) is 29.6. The van der Waals surface area contributed by atoms with Gasteiger partial charge < -0.3 is 14.6 Å². The molecule has 2 aliphatic rings. The Morgan fingerprint density at radius 2 is 1.58 bits per heavy atom. The molecule has 0 bridgehead atoms. The van der Waals surface area contributed by atoms with Crippen molar-refractivity contribution in [1.82, 2.24) is 9.80 Å². The van der Waals surface area contributed by atoms with Crippen LogP contribution in [-0.2, 0) is 6.42 Å². The molecule has 2 unspecified atom stereocenters. The highest BCUT2D eigenvalue weighted by molar-refractivity contribution is 7.22. The molecule has 1 aliphatic heterocycles. The molecule has 6 rings (SSSR count). The normalized spacial score (nSPS) is 19.3. The molecular weight excluding hydrogens is 552 g/mol. The number of ether oxygens (including phenoxy) is 2. The van der Waals surface area contributed by atoms with Crippen LogP contribution in [-0.4, -0.2) is 66.4 Å². The second-order valence-corrected chi connectivity index (χ2v) is 13.1. The molecule has 43 heavy (non-hydrogen) atoms. The first-order valence-corrected chi connectivity index (χ1v) is 17.1. The molecule has 3 aromatic carbocycles. The molecule has 2 fully saturated rings. The summed E-state index contributed by atoms with van der Waals surface area (Å²) < 4.78 is 13.8. The summed E-state index contributed by atoms with van der Waals surface area (Å²) in [7, 11) is 0. The van der Waals surface area contributed by atoms with E-state index in [1.165, 1.54) is 72.1 Å². The van der Waals surface area contributed by atoms with Crippen molar-refractivity contribution in [3.8, 4) is 27.7 Å². The Kier molecular flexibility index (Phi) is 9.87. The first-order valence-electron chi connectivity index (χ1n) is 16.3. The fourth-order valence-corrected chi connectivity index (χ4v) is 8.20. The highest BCUT2D eigenvalue weighted by Gasteiger charge is 2.30. The highest BCUT2D eigenvalue weighted by atomic mass is 32.1. The highest BCUT2D eigenvalue weighted by Crippen LogP contribution is 2.41. The van der Waals surface area contributed by atoms with Crippen LogP contribution >= 0.6 is 11.3 Å². The fraction of sp³-hybridized carbons (Fsp3) is 0.459. The van der Waals surface area contributed by atoms with E-state index in [1.54, 1.807) is 17.4 Å². The summed E-state index contributed by atoms with van der Waals surface area (Å²) >= 11 is 1.75. The quantitative estimate of drug-likeness (QED) is 0.178. The van der Waals surface area contributed by atoms with E-state index in [4.69, 9.17) is 9.47 Å². The summed E-state index contributed by atoms with van der Waals surface area (Å²) in [5, 5.41) is 11.4. The zero-order valence-corrected chi connectivity index (χ0v) is 26.6. The van der Waals surface area contributed by atoms with E-state index in [9.17, 15) is 5.11 Å². The van der Waals surface area contributed by atoms with Gasteiger partial charge in [0.1, 0.15) is 30.0 Å². The largest absolute Gasteiger partial charge is 0.508 e. The van der Waals surface area contributed by atoms with Gasteiger partial charge in [0.2, 0.25) is 0 Å². The van der Waals surface area contributed by atoms with Gasteiger partial charge in [-0.15, -0.1) is 11.3 Å². The monoisotopic (exact) mass is 598 g/mol. The number of hydrogen-bond donors (Lipinski definition) is 1. The molecular formula is C37H46N2O3S. The van der Waals surface area contributed by atoms with Gasteiger partial charge in [-0.1, -0.05) is 32.4 Å². The molecule has 4 aromatic rings. The average molecular weight is 599 g/mol. The average Bonchev–Trinajstić information content (AvgIpc) is 3.68. The summed E-state index contributed by atoms with van der Waals surface area (Å²) in [6, 6.07) is 23.5. The van der Waals surface area contributed by atoms with Crippen molar-refractivity contribution >= 4 is 21.4 Å². The van der Waals surface area contributed by atoms with Gasteiger partial charge in [0.15, 0.2) is 0 Å². The number of rotatable bonds is 12. The van der Waals surface area contributed by atoms with Crippen LogP contribution in [0.4, 0.5) is 0 Å². The van der Waals surface area contributed by atoms with Crippen LogP contribution in [0.1, 0.15) is 63.5 Å². The maximum absolute atomic E-state index is 10.2. The maximum Gasteiger partial charge on any atom is 0.119 e. The molecule has 1 saturated carbocycles. The van der Waals surface area contributed by atoms with Crippen LogP contribution in [0, 0.1) is 0 Å². The SMILES string of the molecule is CCN(CC)C1CCCCC1Oc1ccc(Cc2c(-c3ccc(OCCN4CCCC4)cc3)sc3cc(O)ccc23)cc1. The molecule has 228 valence electrons. The van der Waals surface area contributed by atoms with E-state index in [0.717, 1.165) is 55.3 Å². The number of phenolic OH excluding ortho intramolecular Hbond substituents is 1. The minimum atomic E-state index is 0.256. The standard InChI is InChI=1S/C37H46N2O3S/c1-3-39(4-2)34-9-5-6-10-35(34)42-31-16-11-27(12-17-31)25-33-32-20-15-29(40)26-36(32)43-37(33)28-13-18-30(19-14-28)41-24-23-38-21-7-8-22-38/h11-20,26,34-35,40H,3-10,21-25H2,1-2H3. The Hall–Kier alpha value is -3.06. The first-order chi connectivity index (χ1) is 21.1. The summed E-state index contributed by atoms with van der Waals surface area (Å²) in [5.41, 5.74) is 3.74. The maximum atomic E-state index is 10.2. The Morgan fingerprint density at radius 1 is 0.860 bits per heavy atom. The van der Waals surface area contributed by atoms with Gasteiger partial charge in [0.25, 0.3) is 0 Å². The number of hydrogen-bond acceptors (Lipinski definition) is 6. The number of thiophene rings is 1. The number of phenols is 1. The van der Waals surface area contributed by atoms with Crippen molar-refractivity contribution < 1.29 is 14.6 Å². The lowest BCUT2D eigenvalue weighted by Crippen LogP contribution is -2.47. The number of nitrogens with zero attached hydrogens (tertiary/aromatic N) is 2. The molecule has 0 radical (unpaired) electrons. The Bertz CT molecular complexity index is 1460. The van der Waals surface area contributed by atoms with E-state index in [-0.39, 0.29) is 6.10 Å². The van der Waals surface area contributed by atoms with Gasteiger partial charge in [-0.25, -0.2) is 0 Å². The molecule has 0 spiro atoms. The summed E-state index contributed by atoms with van der Waals surface area (Å²) in [6.07, 6.45) is 8.58. The zero-order valence-electron chi connectivity index (χ0n) is 25.8. The van der Waals surface area contributed by atoms with Crippen LogP contribution in [0.25, 0.3) is 20.5 Å². The molecule has 2 heterocycles. The van der Waals surface area contributed by atoms with E-state index in [1.807, 2.05) is 6.07 Å².